The van der Waals surface area contributed by atoms with Crippen LogP contribution in [0.1, 0.15) is 219 Å². The average molecular weight is 804 g/mol. The highest BCUT2D eigenvalue weighted by molar-refractivity contribution is 7.47. The van der Waals surface area contributed by atoms with Gasteiger partial charge < -0.3 is 25.2 Å². The molecule has 0 radical (unpaired) electrons. The quantitative estimate of drug-likeness (QED) is 0.0235. The minimum Gasteiger partial charge on any atom is -0.480 e. The number of carboxylic acids is 1. The number of carbonyl (C=O) groups excluding carboxylic acids is 1. The van der Waals surface area contributed by atoms with Crippen LogP contribution in [0.4, 0.5) is 0 Å². The van der Waals surface area contributed by atoms with Crippen LogP contribution in [0.2, 0.25) is 0 Å². The van der Waals surface area contributed by atoms with E-state index < -0.39 is 45.1 Å². The van der Waals surface area contributed by atoms with Crippen LogP contribution >= 0.6 is 7.82 Å². The van der Waals surface area contributed by atoms with Gasteiger partial charge in [-0.1, -0.05) is 187 Å². The second-order valence-corrected chi connectivity index (χ2v) is 17.0. The molecule has 0 aromatic rings. The fourth-order valence-corrected chi connectivity index (χ4v) is 7.26. The van der Waals surface area contributed by atoms with Gasteiger partial charge in [-0.05, 0) is 38.5 Å². The molecular weight excluding hydrogens is 717 g/mol. The normalized spacial score (nSPS) is 14.0. The van der Waals surface area contributed by atoms with Gasteiger partial charge in [-0.2, -0.15) is 0 Å². The molecule has 3 unspecified atom stereocenters. The number of rotatable bonds is 44. The summed E-state index contributed by atoms with van der Waals surface area (Å²) in [5.41, 5.74) is 5.36. The summed E-state index contributed by atoms with van der Waals surface area (Å²) in [4.78, 5) is 33.5. The van der Waals surface area contributed by atoms with Crippen molar-refractivity contribution in [3.63, 3.8) is 0 Å². The van der Waals surface area contributed by atoms with Crippen LogP contribution in [0, 0.1) is 0 Å². The smallest absolute Gasteiger partial charge is 0.472 e. The van der Waals surface area contributed by atoms with Crippen molar-refractivity contribution in [2.24, 2.45) is 5.73 Å². The molecule has 0 amide bonds. The van der Waals surface area contributed by atoms with Gasteiger partial charge in [0.15, 0.2) is 0 Å². The molecule has 11 heteroatoms. The molecule has 0 rings (SSSR count). The van der Waals surface area contributed by atoms with Gasteiger partial charge in [-0.3, -0.25) is 18.6 Å². The van der Waals surface area contributed by atoms with Crippen LogP contribution in [0.15, 0.2) is 12.2 Å². The highest BCUT2D eigenvalue weighted by Crippen LogP contribution is 2.43. The third-order valence-corrected chi connectivity index (χ3v) is 11.0. The molecule has 10 nitrogen and oxygen atoms in total. The van der Waals surface area contributed by atoms with E-state index in [1.54, 1.807) is 0 Å². The third-order valence-electron chi connectivity index (χ3n) is 10.0. The van der Waals surface area contributed by atoms with Crippen LogP contribution in [0.5, 0.6) is 0 Å². The summed E-state index contributed by atoms with van der Waals surface area (Å²) in [7, 11) is -4.61. The lowest BCUT2D eigenvalue weighted by Gasteiger charge is -2.20. The van der Waals surface area contributed by atoms with Crippen molar-refractivity contribution in [1.82, 2.24) is 0 Å². The number of carboxylic acid groups (broad SMARTS) is 1. The first-order valence-electron chi connectivity index (χ1n) is 22.7. The zero-order valence-electron chi connectivity index (χ0n) is 35.5. The van der Waals surface area contributed by atoms with Crippen LogP contribution < -0.4 is 5.73 Å². The zero-order valence-corrected chi connectivity index (χ0v) is 36.4. The lowest BCUT2D eigenvalue weighted by molar-refractivity contribution is -0.154. The van der Waals surface area contributed by atoms with E-state index in [2.05, 4.69) is 26.0 Å². The Morgan fingerprint density at radius 3 is 1.40 bits per heavy atom. The number of unbranched alkanes of at least 4 members (excludes halogenated alkanes) is 28. The second kappa shape index (κ2) is 40.9. The molecule has 0 saturated heterocycles. The molecule has 0 aromatic heterocycles. The van der Waals surface area contributed by atoms with Crippen molar-refractivity contribution < 1.29 is 42.7 Å². The molecule has 0 aliphatic rings. The number of phosphoric acid groups is 1. The molecule has 0 bridgehead atoms. The molecule has 0 spiro atoms. The van der Waals surface area contributed by atoms with Crippen molar-refractivity contribution in [1.29, 1.82) is 0 Å². The van der Waals surface area contributed by atoms with Gasteiger partial charge in [0.25, 0.3) is 0 Å². The second-order valence-electron chi connectivity index (χ2n) is 15.5. The van der Waals surface area contributed by atoms with E-state index in [-0.39, 0.29) is 13.0 Å². The van der Waals surface area contributed by atoms with Gasteiger partial charge in [0.05, 0.1) is 19.8 Å². The molecule has 0 fully saturated rings. The Labute approximate surface area is 337 Å². The summed E-state index contributed by atoms with van der Waals surface area (Å²) >= 11 is 0. The standard InChI is InChI=1S/C44H86NO9P/c1-3-5-7-9-11-13-15-17-18-19-20-21-22-23-25-27-29-31-33-35-37-51-38-41(39-52-55(49,50)53-40-42(45)44(47)48)54-43(46)36-34-32-30-28-26-24-16-14-12-10-8-6-4-2/h14,16,41-42H,3-13,15,17-40,45H2,1-2H3,(H,47,48)(H,49,50)/b16-14-. The number of hydrogen-bond acceptors (Lipinski definition) is 8. The summed E-state index contributed by atoms with van der Waals surface area (Å²) in [5, 5.41) is 8.89. The Hall–Kier alpha value is -1.29. The number of phosphoric ester groups is 1. The molecule has 0 aliphatic carbocycles. The van der Waals surface area contributed by atoms with Gasteiger partial charge in [-0.15, -0.1) is 0 Å². The van der Waals surface area contributed by atoms with Crippen molar-refractivity contribution in [3.8, 4) is 0 Å². The predicted molar refractivity (Wildman–Crippen MR) is 226 cm³/mol. The number of hydrogen-bond donors (Lipinski definition) is 3. The van der Waals surface area contributed by atoms with Gasteiger partial charge in [-0.25, -0.2) is 4.57 Å². The molecule has 0 aliphatic heterocycles. The monoisotopic (exact) mass is 804 g/mol. The maximum Gasteiger partial charge on any atom is 0.472 e. The highest BCUT2D eigenvalue weighted by Gasteiger charge is 2.27. The maximum absolute atomic E-state index is 12.6. The number of ether oxygens (including phenoxy) is 2. The Bertz CT molecular complexity index is 935. The fraction of sp³-hybridized carbons (Fsp3) is 0.909. The van der Waals surface area contributed by atoms with Crippen molar-refractivity contribution in [2.45, 2.75) is 231 Å². The maximum atomic E-state index is 12.6. The van der Waals surface area contributed by atoms with Gasteiger partial charge >= 0.3 is 19.8 Å². The highest BCUT2D eigenvalue weighted by atomic mass is 31.2. The van der Waals surface area contributed by atoms with Crippen molar-refractivity contribution in [2.75, 3.05) is 26.4 Å². The summed E-state index contributed by atoms with van der Waals surface area (Å²) in [5.74, 6) is -1.78. The Morgan fingerprint density at radius 2 is 0.945 bits per heavy atom. The van der Waals surface area contributed by atoms with E-state index in [9.17, 15) is 19.0 Å². The fourth-order valence-electron chi connectivity index (χ4n) is 6.48. The lowest BCUT2D eigenvalue weighted by Crippen LogP contribution is -2.34. The lowest BCUT2D eigenvalue weighted by atomic mass is 10.0. The molecule has 0 aromatic carbocycles. The van der Waals surface area contributed by atoms with Crippen LogP contribution in [-0.4, -0.2) is 60.5 Å². The van der Waals surface area contributed by atoms with Crippen molar-refractivity contribution >= 4 is 19.8 Å². The number of esters is 1. The van der Waals surface area contributed by atoms with E-state index in [4.69, 9.17) is 29.4 Å². The summed E-state index contributed by atoms with van der Waals surface area (Å²) < 4.78 is 33.4. The molecule has 3 atom stereocenters. The Balaban J connectivity index is 4.14. The largest absolute Gasteiger partial charge is 0.480 e. The molecule has 55 heavy (non-hydrogen) atoms. The summed E-state index contributed by atoms with van der Waals surface area (Å²) in [6, 6.07) is -1.47. The molecule has 326 valence electrons. The van der Waals surface area contributed by atoms with E-state index in [0.717, 1.165) is 51.4 Å². The number of aliphatic carboxylic acids is 1. The SMILES string of the molecule is CCCCCC/C=C\CCCCCCCC(=O)OC(COCCCCCCCCCCCCCCCCCCCCCC)COP(=O)(O)OCC(N)C(=O)O. The Morgan fingerprint density at radius 1 is 0.564 bits per heavy atom. The topological polar surface area (TPSA) is 155 Å². The molecule has 0 saturated carbocycles. The zero-order chi connectivity index (χ0) is 40.5. The number of nitrogens with two attached hydrogens (primary N) is 1. The van der Waals surface area contributed by atoms with Crippen LogP contribution in [0.25, 0.3) is 0 Å². The predicted octanol–water partition coefficient (Wildman–Crippen LogP) is 12.5. The first-order valence-corrected chi connectivity index (χ1v) is 24.2. The number of carbonyl (C=O) groups is 2. The Kier molecular flexibility index (Phi) is 39.9. The van der Waals surface area contributed by atoms with Gasteiger partial charge in [0.1, 0.15) is 12.1 Å². The van der Waals surface area contributed by atoms with E-state index in [1.165, 1.54) is 141 Å². The van der Waals surface area contributed by atoms with E-state index >= 15 is 0 Å². The first-order chi connectivity index (χ1) is 26.7. The molecule has 4 N–H and O–H groups in total. The first kappa shape index (κ1) is 53.7. The van der Waals surface area contributed by atoms with Crippen LogP contribution in [0.3, 0.4) is 0 Å². The van der Waals surface area contributed by atoms with E-state index in [0.29, 0.717) is 13.0 Å². The van der Waals surface area contributed by atoms with E-state index in [1.807, 2.05) is 0 Å². The summed E-state index contributed by atoms with van der Waals surface area (Å²) in [6.45, 7) is 3.89. The minimum absolute atomic E-state index is 0.0195. The summed E-state index contributed by atoms with van der Waals surface area (Å²) in [6.07, 6.45) is 42.7. The third kappa shape index (κ3) is 40.7. The molecular formula is C44H86NO9P. The van der Waals surface area contributed by atoms with Crippen LogP contribution in [-0.2, 0) is 32.7 Å². The van der Waals surface area contributed by atoms with Crippen molar-refractivity contribution in [3.05, 3.63) is 12.2 Å². The van der Waals surface area contributed by atoms with Gasteiger partial charge in [0, 0.05) is 13.0 Å². The molecule has 0 heterocycles. The van der Waals surface area contributed by atoms with Gasteiger partial charge in [0.2, 0.25) is 0 Å². The average Bonchev–Trinajstić information content (AvgIpc) is 3.16. The minimum atomic E-state index is -4.61. The number of allylic oxidation sites excluding steroid dienone is 2.